The summed E-state index contributed by atoms with van der Waals surface area (Å²) in [5.41, 5.74) is 0. The number of carbonyl (C=O) groups is 1. The Kier molecular flexibility index (Phi) is 3.61. The molecule has 1 atom stereocenters. The van der Waals surface area contributed by atoms with E-state index >= 15 is 0 Å². The van der Waals surface area contributed by atoms with E-state index in [2.05, 4.69) is 25.9 Å². The van der Waals surface area contributed by atoms with Gasteiger partial charge in [0.2, 0.25) is 11.9 Å². The topological polar surface area (TPSA) is 49.3 Å². The van der Waals surface area contributed by atoms with E-state index < -0.39 is 0 Å². The predicted molar refractivity (Wildman–Crippen MR) is 68.8 cm³/mol. The van der Waals surface area contributed by atoms with Crippen LogP contribution in [-0.4, -0.2) is 47.5 Å². The molecule has 0 N–H and O–H groups in total. The Labute approximate surface area is 109 Å². The van der Waals surface area contributed by atoms with Gasteiger partial charge in [0.1, 0.15) is 6.04 Å². The Balaban J connectivity index is 2.20. The number of hydrogen-bond acceptors (Lipinski definition) is 4. The number of anilines is 1. The van der Waals surface area contributed by atoms with Gasteiger partial charge in [-0.1, -0.05) is 0 Å². The molecule has 6 heteroatoms. The minimum absolute atomic E-state index is 0.119. The Bertz CT molecular complexity index is 406. The lowest BCUT2D eigenvalue weighted by Gasteiger charge is -2.25. The smallest absolute Gasteiger partial charge is 0.244 e. The number of aromatic nitrogens is 2. The molecule has 1 aromatic heterocycles. The van der Waals surface area contributed by atoms with Crippen molar-refractivity contribution < 1.29 is 4.79 Å². The summed E-state index contributed by atoms with van der Waals surface area (Å²) >= 11 is 3.30. The van der Waals surface area contributed by atoms with Gasteiger partial charge in [-0.05, 0) is 28.8 Å². The minimum Gasteiger partial charge on any atom is -0.347 e. The van der Waals surface area contributed by atoms with Crippen LogP contribution in [0.4, 0.5) is 5.95 Å². The molecule has 5 nitrogen and oxygen atoms in total. The number of hydrogen-bond donors (Lipinski definition) is 0. The lowest BCUT2D eigenvalue weighted by Crippen LogP contribution is -2.43. The van der Waals surface area contributed by atoms with Crippen molar-refractivity contribution >= 4 is 27.8 Å². The molecule has 1 aromatic rings. The number of halogens is 1. The van der Waals surface area contributed by atoms with Gasteiger partial charge >= 0.3 is 0 Å². The van der Waals surface area contributed by atoms with Crippen LogP contribution >= 0.6 is 15.9 Å². The largest absolute Gasteiger partial charge is 0.347 e. The molecule has 92 valence electrons. The zero-order chi connectivity index (χ0) is 12.4. The highest BCUT2D eigenvalue weighted by Gasteiger charge is 2.33. The quantitative estimate of drug-likeness (QED) is 0.826. The predicted octanol–water partition coefficient (Wildman–Crippen LogP) is 1.30. The molecule has 1 saturated heterocycles. The van der Waals surface area contributed by atoms with Crippen LogP contribution in [0.15, 0.2) is 16.9 Å². The summed E-state index contributed by atoms with van der Waals surface area (Å²) in [5, 5.41) is 0. The van der Waals surface area contributed by atoms with Crippen molar-refractivity contribution in [3.05, 3.63) is 16.9 Å². The first-order chi connectivity index (χ1) is 8.09. The van der Waals surface area contributed by atoms with Crippen LogP contribution in [0.2, 0.25) is 0 Å². The van der Waals surface area contributed by atoms with Crippen molar-refractivity contribution in [2.75, 3.05) is 25.5 Å². The summed E-state index contributed by atoms with van der Waals surface area (Å²) in [6, 6.07) is -0.119. The third-order valence-electron chi connectivity index (χ3n) is 2.84. The van der Waals surface area contributed by atoms with E-state index in [1.807, 2.05) is 4.90 Å². The Hall–Kier alpha value is -1.17. The van der Waals surface area contributed by atoms with Crippen molar-refractivity contribution in [3.63, 3.8) is 0 Å². The second-order valence-corrected chi connectivity index (χ2v) is 5.20. The zero-order valence-electron chi connectivity index (χ0n) is 9.93. The first-order valence-electron chi connectivity index (χ1n) is 5.55. The maximum Gasteiger partial charge on any atom is 0.244 e. The van der Waals surface area contributed by atoms with Gasteiger partial charge in [0.05, 0.1) is 4.47 Å². The van der Waals surface area contributed by atoms with E-state index in [1.165, 1.54) is 0 Å². The number of nitrogens with zero attached hydrogens (tertiary/aromatic N) is 4. The fraction of sp³-hybridized carbons (Fsp3) is 0.545. The second-order valence-electron chi connectivity index (χ2n) is 4.29. The molecule has 2 rings (SSSR count). The second kappa shape index (κ2) is 5.00. The van der Waals surface area contributed by atoms with E-state index in [1.54, 1.807) is 31.4 Å². The van der Waals surface area contributed by atoms with Gasteiger partial charge in [-0.15, -0.1) is 0 Å². The molecule has 1 aliphatic rings. The molecule has 0 aromatic carbocycles. The van der Waals surface area contributed by atoms with Crippen molar-refractivity contribution in [2.45, 2.75) is 18.9 Å². The number of carbonyl (C=O) groups excluding carboxylic acids is 1. The summed E-state index contributed by atoms with van der Waals surface area (Å²) in [6.07, 6.45) is 5.29. The maximum absolute atomic E-state index is 12.0. The molecule has 0 bridgehead atoms. The molecule has 0 aliphatic carbocycles. The van der Waals surface area contributed by atoms with Crippen LogP contribution in [0.25, 0.3) is 0 Å². The van der Waals surface area contributed by atoms with Crippen LogP contribution < -0.4 is 4.90 Å². The summed E-state index contributed by atoms with van der Waals surface area (Å²) in [5.74, 6) is 0.750. The number of rotatable bonds is 2. The fourth-order valence-electron chi connectivity index (χ4n) is 2.01. The SMILES string of the molecule is CN(C)C(=O)C1CCCN1c1ncc(Br)cn1. The summed E-state index contributed by atoms with van der Waals surface area (Å²) in [6.45, 7) is 0.839. The zero-order valence-corrected chi connectivity index (χ0v) is 11.5. The highest BCUT2D eigenvalue weighted by atomic mass is 79.9. The average molecular weight is 299 g/mol. The standard InChI is InChI=1S/C11H15BrN4O/c1-15(2)10(17)9-4-3-5-16(9)11-13-6-8(12)7-14-11/h6-7,9H,3-5H2,1-2H3. The molecular weight excluding hydrogens is 284 g/mol. The van der Waals surface area contributed by atoms with Crippen LogP contribution in [0.5, 0.6) is 0 Å². The van der Waals surface area contributed by atoms with Gasteiger partial charge in [0.15, 0.2) is 0 Å². The number of likely N-dealkylation sites (N-methyl/N-ethyl adjacent to an activating group) is 1. The maximum atomic E-state index is 12.0. The highest BCUT2D eigenvalue weighted by molar-refractivity contribution is 9.10. The molecular formula is C11H15BrN4O. The molecule has 0 radical (unpaired) electrons. The Morgan fingerprint density at radius 2 is 2.12 bits per heavy atom. The Morgan fingerprint density at radius 1 is 1.47 bits per heavy atom. The van der Waals surface area contributed by atoms with Gasteiger partial charge in [0.25, 0.3) is 0 Å². The molecule has 17 heavy (non-hydrogen) atoms. The average Bonchev–Trinajstić information content (AvgIpc) is 2.77. The Morgan fingerprint density at radius 3 is 2.71 bits per heavy atom. The molecule has 0 spiro atoms. The third kappa shape index (κ3) is 2.57. The molecule has 1 amide bonds. The molecule has 1 fully saturated rings. The highest BCUT2D eigenvalue weighted by Crippen LogP contribution is 2.23. The number of amides is 1. The molecule has 0 saturated carbocycles. The van der Waals surface area contributed by atoms with E-state index in [-0.39, 0.29) is 11.9 Å². The van der Waals surface area contributed by atoms with E-state index in [0.717, 1.165) is 23.9 Å². The van der Waals surface area contributed by atoms with Crippen molar-refractivity contribution in [1.29, 1.82) is 0 Å². The lowest BCUT2D eigenvalue weighted by atomic mass is 10.2. The van der Waals surface area contributed by atoms with E-state index in [4.69, 9.17) is 0 Å². The van der Waals surface area contributed by atoms with Gasteiger partial charge in [-0.3, -0.25) is 4.79 Å². The van der Waals surface area contributed by atoms with Crippen LogP contribution in [0.3, 0.4) is 0 Å². The van der Waals surface area contributed by atoms with Gasteiger partial charge < -0.3 is 9.80 Å². The fourth-order valence-corrected chi connectivity index (χ4v) is 2.22. The molecule has 1 unspecified atom stereocenters. The van der Waals surface area contributed by atoms with E-state index in [0.29, 0.717) is 5.95 Å². The first kappa shape index (κ1) is 12.3. The lowest BCUT2D eigenvalue weighted by molar-refractivity contribution is -0.129. The minimum atomic E-state index is -0.119. The monoisotopic (exact) mass is 298 g/mol. The normalized spacial score (nSPS) is 19.5. The first-order valence-corrected chi connectivity index (χ1v) is 6.34. The van der Waals surface area contributed by atoms with Gasteiger partial charge in [-0.2, -0.15) is 0 Å². The molecule has 2 heterocycles. The van der Waals surface area contributed by atoms with Crippen molar-refractivity contribution in [3.8, 4) is 0 Å². The van der Waals surface area contributed by atoms with Gasteiger partial charge in [0, 0.05) is 33.0 Å². The van der Waals surface area contributed by atoms with Crippen LogP contribution in [-0.2, 0) is 4.79 Å². The molecule has 1 aliphatic heterocycles. The van der Waals surface area contributed by atoms with Crippen molar-refractivity contribution in [2.24, 2.45) is 0 Å². The van der Waals surface area contributed by atoms with Gasteiger partial charge in [-0.25, -0.2) is 9.97 Å². The summed E-state index contributed by atoms with van der Waals surface area (Å²) in [4.78, 5) is 24.1. The van der Waals surface area contributed by atoms with E-state index in [9.17, 15) is 4.79 Å². The summed E-state index contributed by atoms with van der Waals surface area (Å²) in [7, 11) is 3.56. The van der Waals surface area contributed by atoms with Crippen molar-refractivity contribution in [1.82, 2.24) is 14.9 Å². The third-order valence-corrected chi connectivity index (χ3v) is 3.25. The van der Waals surface area contributed by atoms with Crippen LogP contribution in [0.1, 0.15) is 12.8 Å². The summed E-state index contributed by atoms with van der Waals surface area (Å²) < 4.78 is 0.843. The van der Waals surface area contributed by atoms with Crippen LogP contribution in [0, 0.1) is 0 Å².